The second kappa shape index (κ2) is 8.11. The number of hydrogen-bond acceptors (Lipinski definition) is 6. The molecule has 1 aliphatic rings. The predicted molar refractivity (Wildman–Crippen MR) is 102 cm³/mol. The summed E-state index contributed by atoms with van der Waals surface area (Å²) in [5, 5.41) is 14.0. The van der Waals surface area contributed by atoms with Gasteiger partial charge in [0.1, 0.15) is 22.1 Å². The maximum absolute atomic E-state index is 13.3. The number of sulfonamides is 1. The van der Waals surface area contributed by atoms with Crippen LogP contribution < -0.4 is 10.1 Å². The molecule has 0 radical (unpaired) electrons. The molecule has 2 aromatic carbocycles. The van der Waals surface area contributed by atoms with Crippen LogP contribution in [0.1, 0.15) is 19.3 Å². The molecule has 1 saturated heterocycles. The monoisotopic (exact) mass is 409 g/mol. The van der Waals surface area contributed by atoms with Crippen molar-refractivity contribution in [2.45, 2.75) is 24.2 Å². The Kier molecular flexibility index (Phi) is 5.80. The lowest BCUT2D eigenvalue weighted by Gasteiger charge is -2.26. The number of nitrogens with zero attached hydrogens (tertiary/aromatic N) is 2. The number of ether oxygens (including phenoxy) is 1. The van der Waals surface area contributed by atoms with E-state index in [1.54, 1.807) is 6.07 Å². The maximum Gasteiger partial charge on any atom is 0.295 e. The van der Waals surface area contributed by atoms with Crippen LogP contribution in [0.2, 0.25) is 0 Å². The Balaban J connectivity index is 1.99. The van der Waals surface area contributed by atoms with Crippen molar-refractivity contribution in [2.75, 3.05) is 25.5 Å². The summed E-state index contributed by atoms with van der Waals surface area (Å²) in [6, 6.07) is 7.52. The zero-order valence-electron chi connectivity index (χ0n) is 15.2. The minimum absolute atomic E-state index is 0.0216. The molecule has 1 fully saturated rings. The molecule has 1 aliphatic heterocycles. The van der Waals surface area contributed by atoms with E-state index < -0.39 is 26.5 Å². The van der Waals surface area contributed by atoms with Crippen LogP contribution in [0, 0.1) is 15.9 Å². The molecule has 0 aliphatic carbocycles. The molecule has 150 valence electrons. The minimum atomic E-state index is -3.78. The SMILES string of the molecule is COc1ccc(Nc2ccc(F)cc2[N+](=O)[O-])cc1S(=O)(=O)N1CCCCC1. The topological polar surface area (TPSA) is 102 Å². The zero-order valence-corrected chi connectivity index (χ0v) is 16.0. The number of nitrogens with one attached hydrogen (secondary N) is 1. The third-order valence-corrected chi connectivity index (χ3v) is 6.45. The molecule has 0 aromatic heterocycles. The van der Waals surface area contributed by atoms with Gasteiger partial charge in [-0.15, -0.1) is 0 Å². The van der Waals surface area contributed by atoms with Crippen LogP contribution in [-0.4, -0.2) is 37.8 Å². The summed E-state index contributed by atoms with van der Waals surface area (Å²) in [5.74, 6) is -0.551. The summed E-state index contributed by atoms with van der Waals surface area (Å²) in [6.45, 7) is 0.874. The summed E-state index contributed by atoms with van der Waals surface area (Å²) < 4.78 is 46.1. The van der Waals surface area contributed by atoms with Crippen molar-refractivity contribution in [3.8, 4) is 5.75 Å². The van der Waals surface area contributed by atoms with E-state index >= 15 is 0 Å². The Hall–Kier alpha value is -2.72. The van der Waals surface area contributed by atoms with Gasteiger partial charge >= 0.3 is 0 Å². The van der Waals surface area contributed by atoms with Crippen molar-refractivity contribution in [1.82, 2.24) is 4.31 Å². The lowest BCUT2D eigenvalue weighted by atomic mass is 10.2. The molecule has 1 heterocycles. The smallest absolute Gasteiger partial charge is 0.295 e. The summed E-state index contributed by atoms with van der Waals surface area (Å²) in [6.07, 6.45) is 2.57. The first-order valence-electron chi connectivity index (χ1n) is 8.72. The Morgan fingerprint density at radius 1 is 1.14 bits per heavy atom. The van der Waals surface area contributed by atoms with E-state index in [1.165, 1.54) is 29.6 Å². The fourth-order valence-electron chi connectivity index (χ4n) is 3.12. The fraction of sp³-hybridized carbons (Fsp3) is 0.333. The largest absolute Gasteiger partial charge is 0.495 e. The predicted octanol–water partition coefficient (Wildman–Crippen LogP) is 3.66. The van der Waals surface area contributed by atoms with E-state index in [1.807, 2.05) is 0 Å². The summed E-state index contributed by atoms with van der Waals surface area (Å²) in [4.78, 5) is 10.4. The third kappa shape index (κ3) is 4.07. The summed E-state index contributed by atoms with van der Waals surface area (Å²) in [7, 11) is -2.40. The van der Waals surface area contributed by atoms with Gasteiger partial charge < -0.3 is 10.1 Å². The highest BCUT2D eigenvalue weighted by atomic mass is 32.2. The van der Waals surface area contributed by atoms with E-state index in [0.717, 1.165) is 31.4 Å². The average molecular weight is 409 g/mol. The molecule has 8 nitrogen and oxygen atoms in total. The Morgan fingerprint density at radius 2 is 1.86 bits per heavy atom. The second-order valence-corrected chi connectivity index (χ2v) is 8.28. The third-order valence-electron chi connectivity index (χ3n) is 4.53. The van der Waals surface area contributed by atoms with Crippen LogP contribution in [0.4, 0.5) is 21.5 Å². The number of halogens is 1. The van der Waals surface area contributed by atoms with Gasteiger partial charge in [0.25, 0.3) is 5.69 Å². The number of nitro benzene ring substituents is 1. The first-order valence-corrected chi connectivity index (χ1v) is 10.2. The van der Waals surface area contributed by atoms with E-state index in [0.29, 0.717) is 18.8 Å². The molecule has 3 rings (SSSR count). The first-order chi connectivity index (χ1) is 13.3. The van der Waals surface area contributed by atoms with Crippen LogP contribution in [0.25, 0.3) is 0 Å². The second-order valence-electron chi connectivity index (χ2n) is 6.37. The lowest BCUT2D eigenvalue weighted by Crippen LogP contribution is -2.35. The van der Waals surface area contributed by atoms with Gasteiger partial charge in [-0.1, -0.05) is 6.42 Å². The van der Waals surface area contributed by atoms with Gasteiger partial charge in [-0.05, 0) is 43.2 Å². The number of benzene rings is 2. The van der Waals surface area contributed by atoms with Gasteiger partial charge in [0.2, 0.25) is 10.0 Å². The summed E-state index contributed by atoms with van der Waals surface area (Å²) >= 11 is 0. The van der Waals surface area contributed by atoms with Crippen LogP contribution >= 0.6 is 0 Å². The van der Waals surface area contributed by atoms with Crippen molar-refractivity contribution in [3.63, 3.8) is 0 Å². The van der Waals surface area contributed by atoms with Gasteiger partial charge in [0, 0.05) is 18.8 Å². The van der Waals surface area contributed by atoms with Gasteiger partial charge in [-0.25, -0.2) is 12.8 Å². The Labute approximate surface area is 162 Å². The Morgan fingerprint density at radius 3 is 2.50 bits per heavy atom. The van der Waals surface area contributed by atoms with Crippen molar-refractivity contribution in [3.05, 3.63) is 52.3 Å². The molecule has 28 heavy (non-hydrogen) atoms. The first kappa shape index (κ1) is 20.0. The van der Waals surface area contributed by atoms with Gasteiger partial charge in [0.15, 0.2) is 0 Å². The quantitative estimate of drug-likeness (QED) is 0.577. The van der Waals surface area contributed by atoms with Crippen molar-refractivity contribution in [2.24, 2.45) is 0 Å². The number of anilines is 2. The fourth-order valence-corrected chi connectivity index (χ4v) is 4.82. The normalized spacial score (nSPS) is 15.2. The van der Waals surface area contributed by atoms with Crippen molar-refractivity contribution in [1.29, 1.82) is 0 Å². The van der Waals surface area contributed by atoms with E-state index in [4.69, 9.17) is 4.74 Å². The molecule has 0 bridgehead atoms. The van der Waals surface area contributed by atoms with Crippen LogP contribution in [0.3, 0.4) is 0 Å². The van der Waals surface area contributed by atoms with Gasteiger partial charge in [-0.3, -0.25) is 10.1 Å². The molecular weight excluding hydrogens is 389 g/mol. The minimum Gasteiger partial charge on any atom is -0.495 e. The average Bonchev–Trinajstić information content (AvgIpc) is 2.69. The van der Waals surface area contributed by atoms with E-state index in [9.17, 15) is 22.9 Å². The van der Waals surface area contributed by atoms with Gasteiger partial charge in [0.05, 0.1) is 18.1 Å². The molecule has 0 atom stereocenters. The van der Waals surface area contributed by atoms with Crippen LogP contribution in [-0.2, 0) is 10.0 Å². The highest BCUT2D eigenvalue weighted by Crippen LogP contribution is 2.34. The van der Waals surface area contributed by atoms with Crippen LogP contribution in [0.5, 0.6) is 5.75 Å². The zero-order chi connectivity index (χ0) is 20.3. The van der Waals surface area contributed by atoms with Crippen molar-refractivity contribution < 1.29 is 22.5 Å². The van der Waals surface area contributed by atoms with E-state index in [2.05, 4.69) is 5.32 Å². The number of hydrogen-bond donors (Lipinski definition) is 1. The number of nitro groups is 1. The molecule has 2 aromatic rings. The molecule has 0 saturated carbocycles. The molecule has 0 amide bonds. The molecule has 10 heteroatoms. The summed E-state index contributed by atoms with van der Waals surface area (Å²) in [5.41, 5.74) is -0.0831. The number of piperidine rings is 1. The molecule has 1 N–H and O–H groups in total. The van der Waals surface area contributed by atoms with Gasteiger partial charge in [-0.2, -0.15) is 4.31 Å². The molecule has 0 spiro atoms. The Bertz CT molecular complexity index is 991. The maximum atomic E-state index is 13.3. The number of methoxy groups -OCH3 is 1. The lowest BCUT2D eigenvalue weighted by molar-refractivity contribution is -0.384. The van der Waals surface area contributed by atoms with Crippen LogP contribution in [0.15, 0.2) is 41.3 Å². The number of rotatable bonds is 6. The highest BCUT2D eigenvalue weighted by molar-refractivity contribution is 7.89. The molecular formula is C18H20FN3O5S. The van der Waals surface area contributed by atoms with E-state index in [-0.39, 0.29) is 16.3 Å². The molecule has 0 unspecified atom stereocenters. The standard InChI is InChI=1S/C18H20FN3O5S/c1-27-17-8-6-14(20-15-7-5-13(19)11-16(15)22(23)24)12-18(17)28(25,26)21-9-3-2-4-10-21/h5-8,11-12,20H,2-4,9-10H2,1H3. The highest BCUT2D eigenvalue weighted by Gasteiger charge is 2.29. The van der Waals surface area contributed by atoms with Crippen molar-refractivity contribution >= 4 is 27.1 Å².